The van der Waals surface area contributed by atoms with Gasteiger partial charge in [0.15, 0.2) is 0 Å². The number of carbonyl (C=O) groups excluding carboxylic acids is 4. The summed E-state index contributed by atoms with van der Waals surface area (Å²) in [5.41, 5.74) is 14.0. The standard InChI is InChI=1S/C15H20ClNO2.C15H22ClNO2.2C15H20ClNO2.H2/c1-5-13-8-6-7-11(2)15(13)17(14(18)9-16)12(3)10-19-4;3*1-4-13-7-5-6-11(2)15(13)17(14(19)10-16)12(3)8-9-18;/h6-8,10H,5,9H2,1-4H3;5-7,12,18H,4,8-10H2,1-3H3;5-8,18H,4,9-10H2,1-3H3;5-7,18H,3-4,8-10H2,1-2H3;1H/b12-10-;;12-8+;;/t;12-;;;/m.0.../s1. The Labute approximate surface area is 475 Å². The Kier molecular flexibility index (Phi) is 33.3. The molecule has 0 fully saturated rings. The van der Waals surface area contributed by atoms with Gasteiger partial charge in [-0.25, -0.2) is 0 Å². The van der Waals surface area contributed by atoms with Crippen LogP contribution in [0.1, 0.15) is 107 Å². The predicted molar refractivity (Wildman–Crippen MR) is 321 cm³/mol. The Bertz CT molecular complexity index is 2490. The lowest BCUT2D eigenvalue weighted by molar-refractivity contribution is -0.117. The van der Waals surface area contributed by atoms with Crippen LogP contribution in [0.3, 0.4) is 0 Å². The van der Waals surface area contributed by atoms with Crippen molar-refractivity contribution in [2.75, 3.05) is 70.1 Å². The van der Waals surface area contributed by atoms with Crippen molar-refractivity contribution in [2.45, 2.75) is 121 Å². The Morgan fingerprint density at radius 1 is 0.566 bits per heavy atom. The number of rotatable bonds is 22. The summed E-state index contributed by atoms with van der Waals surface area (Å²) in [7, 11) is 1.56. The number of carbonyl (C=O) groups is 4. The fraction of sp³-hybridized carbons (Fsp3) is 0.433. The maximum Gasteiger partial charge on any atom is 0.246 e. The zero-order chi connectivity index (χ0) is 57.7. The van der Waals surface area contributed by atoms with Crippen molar-refractivity contribution in [3.63, 3.8) is 0 Å². The minimum absolute atomic E-state index is 0. The van der Waals surface area contributed by atoms with Crippen LogP contribution in [0.5, 0.6) is 0 Å². The lowest BCUT2D eigenvalue weighted by Crippen LogP contribution is -2.41. The molecule has 0 aliphatic carbocycles. The molecule has 0 unspecified atom stereocenters. The van der Waals surface area contributed by atoms with Crippen LogP contribution < -0.4 is 19.6 Å². The van der Waals surface area contributed by atoms with E-state index in [2.05, 4.69) is 20.4 Å². The molecule has 12 nitrogen and oxygen atoms in total. The molecule has 0 saturated heterocycles. The van der Waals surface area contributed by atoms with Gasteiger partial charge in [0.1, 0.15) is 29.8 Å². The van der Waals surface area contributed by atoms with Gasteiger partial charge >= 0.3 is 0 Å². The van der Waals surface area contributed by atoms with E-state index in [1.165, 1.54) is 4.90 Å². The summed E-state index contributed by atoms with van der Waals surface area (Å²) in [6.07, 6.45) is 7.40. The number of aliphatic hydroxyl groups is 3. The van der Waals surface area contributed by atoms with Crippen molar-refractivity contribution < 1.29 is 40.7 Å². The van der Waals surface area contributed by atoms with Crippen LogP contribution in [-0.2, 0) is 49.6 Å². The normalized spacial score (nSPS) is 11.4. The molecule has 420 valence electrons. The van der Waals surface area contributed by atoms with Gasteiger partial charge in [-0.3, -0.25) is 33.9 Å². The average Bonchev–Trinajstić information content (AvgIpc) is 3.41. The summed E-state index contributed by atoms with van der Waals surface area (Å²) in [5.74, 6) is -0.990. The summed E-state index contributed by atoms with van der Waals surface area (Å²) in [6, 6.07) is 23.8. The third kappa shape index (κ3) is 19.7. The molecule has 0 aromatic heterocycles. The third-order valence-electron chi connectivity index (χ3n) is 12.3. The third-order valence-corrected chi connectivity index (χ3v) is 13.2. The number of allylic oxidation sites excluding steroid dienone is 2. The number of aliphatic hydroxyl groups excluding tert-OH is 3. The van der Waals surface area contributed by atoms with E-state index in [0.29, 0.717) is 24.2 Å². The number of hydrogen-bond acceptors (Lipinski definition) is 8. The van der Waals surface area contributed by atoms with Crippen LogP contribution in [-0.4, -0.2) is 95.4 Å². The second-order valence-electron chi connectivity index (χ2n) is 17.7. The zero-order valence-electron chi connectivity index (χ0n) is 46.7. The van der Waals surface area contributed by atoms with Gasteiger partial charge in [-0.15, -0.1) is 46.4 Å². The van der Waals surface area contributed by atoms with Gasteiger partial charge < -0.3 is 25.0 Å². The number of benzene rings is 4. The molecule has 4 aromatic carbocycles. The van der Waals surface area contributed by atoms with Crippen molar-refractivity contribution in [3.8, 4) is 0 Å². The highest BCUT2D eigenvalue weighted by molar-refractivity contribution is 6.31. The van der Waals surface area contributed by atoms with Crippen molar-refractivity contribution in [1.29, 1.82) is 0 Å². The lowest BCUT2D eigenvalue weighted by Gasteiger charge is -2.31. The second kappa shape index (κ2) is 36.8. The van der Waals surface area contributed by atoms with Crippen LogP contribution in [0.25, 0.3) is 0 Å². The van der Waals surface area contributed by atoms with E-state index in [4.69, 9.17) is 66.5 Å². The van der Waals surface area contributed by atoms with E-state index in [0.717, 1.165) is 98.6 Å². The smallest absolute Gasteiger partial charge is 0.246 e. The number of aryl methyl sites for hydroxylation is 8. The quantitative estimate of drug-likeness (QED) is 0.0520. The monoisotopic (exact) mass is 1130 g/mol. The van der Waals surface area contributed by atoms with Gasteiger partial charge in [-0.1, -0.05) is 107 Å². The minimum Gasteiger partial charge on any atom is -0.503 e. The number of halogens is 4. The second-order valence-corrected chi connectivity index (χ2v) is 18.7. The highest BCUT2D eigenvalue weighted by Crippen LogP contribution is 2.33. The fourth-order valence-corrected chi connectivity index (χ4v) is 9.10. The molecule has 0 heterocycles. The van der Waals surface area contributed by atoms with Crippen LogP contribution in [0, 0.1) is 27.7 Å². The molecule has 76 heavy (non-hydrogen) atoms. The van der Waals surface area contributed by atoms with E-state index >= 15 is 0 Å². The van der Waals surface area contributed by atoms with E-state index in [9.17, 15) is 19.2 Å². The number of para-hydroxylation sites is 4. The summed E-state index contributed by atoms with van der Waals surface area (Å²) in [6.45, 7) is 25.5. The Morgan fingerprint density at radius 3 is 1.24 bits per heavy atom. The van der Waals surface area contributed by atoms with Crippen LogP contribution in [0.2, 0.25) is 0 Å². The molecule has 4 amide bonds. The fourth-order valence-electron chi connectivity index (χ4n) is 8.62. The number of amides is 4. The number of hydrogen-bond donors (Lipinski definition) is 3. The van der Waals surface area contributed by atoms with Crippen molar-refractivity contribution >= 4 is 92.8 Å². The first-order valence-corrected chi connectivity index (χ1v) is 27.6. The summed E-state index contributed by atoms with van der Waals surface area (Å²) in [5, 5.41) is 27.2. The molecule has 0 bridgehead atoms. The van der Waals surface area contributed by atoms with Crippen molar-refractivity contribution in [1.82, 2.24) is 0 Å². The van der Waals surface area contributed by atoms with Gasteiger partial charge in [0.2, 0.25) is 23.6 Å². The molecule has 0 aliphatic rings. The van der Waals surface area contributed by atoms with Gasteiger partial charge in [0.05, 0.1) is 42.2 Å². The molecule has 4 aromatic rings. The van der Waals surface area contributed by atoms with Crippen molar-refractivity contribution in [3.05, 3.63) is 153 Å². The van der Waals surface area contributed by atoms with Gasteiger partial charge in [0.25, 0.3) is 0 Å². The first kappa shape index (κ1) is 68.8. The number of methoxy groups -OCH3 is 1. The molecular formula is C60H84Cl4N4O8. The van der Waals surface area contributed by atoms with Crippen LogP contribution in [0.4, 0.5) is 22.7 Å². The molecule has 0 aliphatic heterocycles. The number of anilines is 4. The number of ether oxygens (including phenoxy) is 1. The predicted octanol–water partition coefficient (Wildman–Crippen LogP) is 12.8. The van der Waals surface area contributed by atoms with Gasteiger partial charge in [-0.2, -0.15) is 0 Å². The van der Waals surface area contributed by atoms with Gasteiger partial charge in [0, 0.05) is 38.5 Å². The number of nitrogens with zero attached hydrogens (tertiary/aromatic N) is 4. The molecule has 0 radical (unpaired) electrons. The maximum absolute atomic E-state index is 12.2. The van der Waals surface area contributed by atoms with E-state index < -0.39 is 0 Å². The largest absolute Gasteiger partial charge is 0.503 e. The Hall–Kier alpha value is -5.18. The SMILES string of the molecule is C=C(CCO)N(C(=O)CCl)c1c(C)cccc1CC.CCc1cccc(C)c1N(C(=O)CCl)/C(C)=C/CO.CCc1cccc(C)c1N(C(=O)CCl)/C(C)=C\OC.CCc1cccc(C)c1N(C(=O)CCl)[C@@H](C)CCO.[HH]. The van der Waals surface area contributed by atoms with Gasteiger partial charge in [-0.05, 0) is 131 Å². The molecule has 3 N–H and O–H groups in total. The molecule has 4 rings (SSSR count). The Balaban J connectivity index is 0.000000996. The van der Waals surface area contributed by atoms with Crippen LogP contribution in [0.15, 0.2) is 109 Å². The average molecular weight is 1130 g/mol. The zero-order valence-corrected chi connectivity index (χ0v) is 49.8. The topological polar surface area (TPSA) is 151 Å². The number of alkyl halides is 4. The highest BCUT2D eigenvalue weighted by atomic mass is 35.5. The van der Waals surface area contributed by atoms with E-state index in [1.54, 1.807) is 41.1 Å². The first-order chi connectivity index (χ1) is 36.2. The Morgan fingerprint density at radius 2 is 0.908 bits per heavy atom. The lowest BCUT2D eigenvalue weighted by atomic mass is 10.0. The minimum atomic E-state index is -0.218. The molecule has 0 spiro atoms. The molecular weight excluding hydrogens is 1050 g/mol. The highest BCUT2D eigenvalue weighted by Gasteiger charge is 2.26. The van der Waals surface area contributed by atoms with E-state index in [1.807, 2.05) is 128 Å². The maximum atomic E-state index is 12.2. The molecule has 16 heteroatoms. The first-order valence-electron chi connectivity index (χ1n) is 25.5. The molecule has 0 saturated carbocycles. The summed E-state index contributed by atoms with van der Waals surface area (Å²) < 4.78 is 5.02. The molecule has 1 atom stereocenters. The van der Waals surface area contributed by atoms with E-state index in [-0.39, 0.29) is 74.4 Å². The summed E-state index contributed by atoms with van der Waals surface area (Å²) >= 11 is 22.9. The van der Waals surface area contributed by atoms with Crippen LogP contribution >= 0.6 is 46.4 Å². The summed E-state index contributed by atoms with van der Waals surface area (Å²) in [4.78, 5) is 55.0. The van der Waals surface area contributed by atoms with Crippen molar-refractivity contribution in [2.24, 2.45) is 0 Å².